The molecule has 1 unspecified atom stereocenters. The lowest BCUT2D eigenvalue weighted by atomic mass is 10.00. The second kappa shape index (κ2) is 12.4. The van der Waals surface area contributed by atoms with Crippen LogP contribution in [-0.2, 0) is 19.1 Å². The number of rotatable bonds is 12. The van der Waals surface area contributed by atoms with Crippen LogP contribution in [-0.4, -0.2) is 48.1 Å². The van der Waals surface area contributed by atoms with Gasteiger partial charge in [0, 0.05) is 18.5 Å². The van der Waals surface area contributed by atoms with Crippen LogP contribution in [0.5, 0.6) is 0 Å². The molecule has 1 N–H and O–H groups in total. The third-order valence-corrected chi connectivity index (χ3v) is 4.91. The molecule has 1 rings (SSSR count). The molecule has 0 spiro atoms. The minimum atomic E-state index is -0.532. The highest BCUT2D eigenvalue weighted by molar-refractivity contribution is 6.04. The van der Waals surface area contributed by atoms with E-state index in [1.165, 1.54) is 18.1 Å². The van der Waals surface area contributed by atoms with Crippen molar-refractivity contribution in [3.8, 4) is 0 Å². The highest BCUT2D eigenvalue weighted by atomic mass is 16.6. The van der Waals surface area contributed by atoms with Crippen LogP contribution in [0, 0.1) is 5.92 Å². The normalized spacial score (nSPS) is 17.4. The Morgan fingerprint density at radius 1 is 1.27 bits per heavy atom. The number of hydrogen-bond acceptors (Lipinski definition) is 5. The molecule has 0 saturated heterocycles. The average Bonchev–Trinajstić information content (AvgIpc) is 2.98. The molecule has 0 fully saturated rings. The van der Waals surface area contributed by atoms with Crippen molar-refractivity contribution >= 4 is 17.9 Å². The summed E-state index contributed by atoms with van der Waals surface area (Å²) >= 11 is 0. The molecule has 0 aliphatic carbocycles. The smallest absolute Gasteiger partial charge is 0.407 e. The second-order valence-electron chi connectivity index (χ2n) is 8.71. The zero-order chi connectivity index (χ0) is 22.7. The molecular weight excluding hydrogens is 384 g/mol. The van der Waals surface area contributed by atoms with Crippen LogP contribution < -0.4 is 5.32 Å². The summed E-state index contributed by atoms with van der Waals surface area (Å²) < 4.78 is 10.6. The van der Waals surface area contributed by atoms with Gasteiger partial charge in [-0.25, -0.2) is 4.79 Å². The minimum absolute atomic E-state index is 0.154. The van der Waals surface area contributed by atoms with Gasteiger partial charge in [0.15, 0.2) is 0 Å². The van der Waals surface area contributed by atoms with Gasteiger partial charge < -0.3 is 14.8 Å². The third-order valence-electron chi connectivity index (χ3n) is 4.91. The van der Waals surface area contributed by atoms with E-state index in [0.717, 1.165) is 32.1 Å². The molecule has 1 aliphatic heterocycles. The first-order chi connectivity index (χ1) is 14.1. The fourth-order valence-electron chi connectivity index (χ4n) is 3.36. The number of carbonyl (C=O) groups excluding carboxylic acids is 3. The van der Waals surface area contributed by atoms with Crippen molar-refractivity contribution in [2.75, 3.05) is 13.7 Å². The number of nitrogens with zero attached hydrogens (tertiary/aromatic N) is 1. The predicted molar refractivity (Wildman–Crippen MR) is 117 cm³/mol. The lowest BCUT2D eigenvalue weighted by molar-refractivity contribution is -0.146. The first kappa shape index (κ1) is 25.7. The molecule has 0 bridgehead atoms. The minimum Gasteiger partial charge on any atom is -0.499 e. The fourth-order valence-corrected chi connectivity index (χ4v) is 3.36. The van der Waals surface area contributed by atoms with E-state index in [-0.39, 0.29) is 23.8 Å². The van der Waals surface area contributed by atoms with Crippen LogP contribution in [0.15, 0.2) is 24.5 Å². The molecule has 0 radical (unpaired) electrons. The maximum atomic E-state index is 12.9. The number of hydrogen-bond donors (Lipinski definition) is 1. The lowest BCUT2D eigenvalue weighted by Crippen LogP contribution is -2.43. The fraction of sp³-hybridized carbons (Fsp3) is 0.696. The Labute approximate surface area is 180 Å². The van der Waals surface area contributed by atoms with Crippen LogP contribution in [0.3, 0.4) is 0 Å². The van der Waals surface area contributed by atoms with Crippen molar-refractivity contribution in [1.82, 2.24) is 10.2 Å². The van der Waals surface area contributed by atoms with Gasteiger partial charge >= 0.3 is 6.09 Å². The SMILES string of the molecule is C=CCCCC[C@@H](C)C(=O)N1C(=O)C=C(OC)C1CCCCNC(=O)OC(C)(C)C. The Balaban J connectivity index is 2.54. The van der Waals surface area contributed by atoms with Gasteiger partial charge in [0.2, 0.25) is 5.91 Å². The number of unbranched alkanes of at least 4 members (excludes halogenated alkanes) is 3. The summed E-state index contributed by atoms with van der Waals surface area (Å²) in [5, 5.41) is 2.72. The van der Waals surface area contributed by atoms with E-state index in [1.54, 1.807) is 0 Å². The summed E-state index contributed by atoms with van der Waals surface area (Å²) in [5.74, 6) is -0.169. The molecule has 1 heterocycles. The van der Waals surface area contributed by atoms with Crippen molar-refractivity contribution in [1.29, 1.82) is 0 Å². The van der Waals surface area contributed by atoms with Crippen molar-refractivity contribution in [3.05, 3.63) is 24.5 Å². The summed E-state index contributed by atoms with van der Waals surface area (Å²) in [6, 6.07) is -0.382. The van der Waals surface area contributed by atoms with Crippen LogP contribution >= 0.6 is 0 Å². The zero-order valence-corrected chi connectivity index (χ0v) is 19.2. The Kier molecular flexibility index (Phi) is 10.6. The van der Waals surface area contributed by atoms with Crippen LogP contribution in [0.25, 0.3) is 0 Å². The van der Waals surface area contributed by atoms with E-state index < -0.39 is 11.7 Å². The summed E-state index contributed by atoms with van der Waals surface area (Å²) in [5.41, 5.74) is -0.532. The number of imide groups is 1. The molecule has 2 atom stereocenters. The summed E-state index contributed by atoms with van der Waals surface area (Å²) in [7, 11) is 1.52. The molecule has 7 heteroatoms. The molecule has 170 valence electrons. The number of carbonyl (C=O) groups is 3. The van der Waals surface area contributed by atoms with Gasteiger partial charge in [-0.05, 0) is 59.3 Å². The van der Waals surface area contributed by atoms with Gasteiger partial charge in [0.05, 0.1) is 13.2 Å². The van der Waals surface area contributed by atoms with Crippen molar-refractivity contribution in [2.45, 2.75) is 84.3 Å². The molecule has 30 heavy (non-hydrogen) atoms. The highest BCUT2D eigenvalue weighted by Crippen LogP contribution is 2.27. The lowest BCUT2D eigenvalue weighted by Gasteiger charge is -2.27. The first-order valence-electron chi connectivity index (χ1n) is 10.8. The molecule has 7 nitrogen and oxygen atoms in total. The number of nitrogens with one attached hydrogen (secondary N) is 1. The van der Waals surface area contributed by atoms with Crippen molar-refractivity contribution in [2.24, 2.45) is 5.92 Å². The number of methoxy groups -OCH3 is 1. The topological polar surface area (TPSA) is 84.9 Å². The number of ether oxygens (including phenoxy) is 2. The molecule has 1 aliphatic rings. The van der Waals surface area contributed by atoms with Gasteiger partial charge in [-0.15, -0.1) is 6.58 Å². The first-order valence-corrected chi connectivity index (χ1v) is 10.8. The standard InChI is InChI=1S/C23H38N2O5/c1-7-8-9-10-13-17(2)21(27)25-18(19(29-6)16-20(25)26)14-11-12-15-24-22(28)30-23(3,4)5/h7,16-18H,1,8-15H2,2-6H3,(H,24,28)/t17-,18?/m1/s1. The van der Waals surface area contributed by atoms with Gasteiger partial charge in [0.25, 0.3) is 5.91 Å². The molecular formula is C23H38N2O5. The Hall–Kier alpha value is -2.31. The highest BCUT2D eigenvalue weighted by Gasteiger charge is 2.39. The molecule has 0 aromatic rings. The van der Waals surface area contributed by atoms with Crippen LogP contribution in [0.4, 0.5) is 4.79 Å². The second-order valence-corrected chi connectivity index (χ2v) is 8.71. The Bertz CT molecular complexity index is 636. The summed E-state index contributed by atoms with van der Waals surface area (Å²) in [4.78, 5) is 38.4. The van der Waals surface area contributed by atoms with E-state index in [4.69, 9.17) is 9.47 Å². The van der Waals surface area contributed by atoms with E-state index in [0.29, 0.717) is 25.1 Å². The predicted octanol–water partition coefficient (Wildman–Crippen LogP) is 4.33. The molecule has 0 aromatic carbocycles. The summed E-state index contributed by atoms with van der Waals surface area (Å²) in [6.07, 6.45) is 8.45. The van der Waals surface area contributed by atoms with Crippen LogP contribution in [0.2, 0.25) is 0 Å². The van der Waals surface area contributed by atoms with E-state index in [2.05, 4.69) is 11.9 Å². The van der Waals surface area contributed by atoms with E-state index in [9.17, 15) is 14.4 Å². The molecule has 0 saturated carbocycles. The Morgan fingerprint density at radius 3 is 2.57 bits per heavy atom. The van der Waals surface area contributed by atoms with Gasteiger partial charge in [-0.2, -0.15) is 0 Å². The van der Waals surface area contributed by atoms with Crippen LogP contribution in [0.1, 0.15) is 72.6 Å². The van der Waals surface area contributed by atoms with E-state index in [1.807, 2.05) is 33.8 Å². The van der Waals surface area contributed by atoms with Crippen molar-refractivity contribution in [3.63, 3.8) is 0 Å². The van der Waals surface area contributed by atoms with Gasteiger partial charge in [-0.1, -0.05) is 19.4 Å². The molecule has 0 aromatic heterocycles. The zero-order valence-electron chi connectivity index (χ0n) is 19.2. The molecule has 3 amide bonds. The number of amides is 3. The maximum Gasteiger partial charge on any atom is 0.407 e. The average molecular weight is 423 g/mol. The number of allylic oxidation sites excluding steroid dienone is 1. The van der Waals surface area contributed by atoms with Gasteiger partial charge in [0.1, 0.15) is 11.4 Å². The Morgan fingerprint density at radius 2 is 1.97 bits per heavy atom. The van der Waals surface area contributed by atoms with Crippen molar-refractivity contribution < 1.29 is 23.9 Å². The maximum absolute atomic E-state index is 12.9. The quantitative estimate of drug-likeness (QED) is 0.374. The van der Waals surface area contributed by atoms with E-state index >= 15 is 0 Å². The summed E-state index contributed by atoms with van der Waals surface area (Å²) in [6.45, 7) is 11.5. The monoisotopic (exact) mass is 422 g/mol. The third kappa shape index (κ3) is 8.59. The largest absolute Gasteiger partial charge is 0.499 e. The van der Waals surface area contributed by atoms with Gasteiger partial charge in [-0.3, -0.25) is 14.5 Å². The number of alkyl carbamates (subject to hydrolysis) is 1.